The zero-order valence-electron chi connectivity index (χ0n) is 6.29. The van der Waals surface area contributed by atoms with Gasteiger partial charge < -0.3 is 9.84 Å². The van der Waals surface area contributed by atoms with Crippen molar-refractivity contribution < 1.29 is 19.4 Å². The van der Waals surface area contributed by atoms with Gasteiger partial charge in [0.05, 0.1) is 0 Å². The highest BCUT2D eigenvalue weighted by molar-refractivity contribution is 5.82. The second-order valence-corrected chi connectivity index (χ2v) is 2.75. The van der Waals surface area contributed by atoms with Crippen molar-refractivity contribution in [1.29, 1.82) is 0 Å². The molecule has 4 heteroatoms. The van der Waals surface area contributed by atoms with Crippen LogP contribution in [0, 0.1) is 0 Å². The summed E-state index contributed by atoms with van der Waals surface area (Å²) in [6.45, 7) is 1.23. The number of carbonyl (C=O) groups is 2. The van der Waals surface area contributed by atoms with Crippen molar-refractivity contribution in [3.8, 4) is 0 Å². The molecule has 0 heterocycles. The SMILES string of the molecule is CC(=O)OC1(C(=O)O)CCC1. The Morgan fingerprint density at radius 2 is 2.00 bits per heavy atom. The van der Waals surface area contributed by atoms with Crippen LogP contribution in [0.3, 0.4) is 0 Å². The Bertz CT molecular complexity index is 193. The third kappa shape index (κ3) is 1.34. The van der Waals surface area contributed by atoms with E-state index < -0.39 is 17.5 Å². The minimum atomic E-state index is -1.19. The molecule has 0 amide bonds. The molecule has 0 spiro atoms. The van der Waals surface area contributed by atoms with Crippen molar-refractivity contribution in [2.75, 3.05) is 0 Å². The molecule has 0 bridgehead atoms. The molecule has 62 valence electrons. The highest BCUT2D eigenvalue weighted by Crippen LogP contribution is 2.35. The van der Waals surface area contributed by atoms with E-state index in [4.69, 9.17) is 9.84 Å². The number of carbonyl (C=O) groups excluding carboxylic acids is 1. The summed E-state index contributed by atoms with van der Waals surface area (Å²) in [5, 5.41) is 8.66. The molecule has 0 atom stereocenters. The number of aliphatic carboxylic acids is 1. The molecule has 1 rings (SSSR count). The van der Waals surface area contributed by atoms with Crippen LogP contribution in [0.15, 0.2) is 0 Å². The number of ether oxygens (including phenoxy) is 1. The van der Waals surface area contributed by atoms with Crippen molar-refractivity contribution in [1.82, 2.24) is 0 Å². The molecule has 0 saturated heterocycles. The summed E-state index contributed by atoms with van der Waals surface area (Å²) in [6.07, 6.45) is 1.71. The van der Waals surface area contributed by atoms with Gasteiger partial charge in [0, 0.05) is 6.92 Å². The van der Waals surface area contributed by atoms with Gasteiger partial charge in [-0.15, -0.1) is 0 Å². The van der Waals surface area contributed by atoms with Crippen LogP contribution in [0.2, 0.25) is 0 Å². The number of esters is 1. The summed E-state index contributed by atoms with van der Waals surface area (Å²) >= 11 is 0. The first-order valence-corrected chi connectivity index (χ1v) is 3.50. The van der Waals surface area contributed by atoms with Gasteiger partial charge in [0.1, 0.15) is 0 Å². The number of carboxylic acids is 1. The van der Waals surface area contributed by atoms with Gasteiger partial charge in [0.25, 0.3) is 0 Å². The smallest absolute Gasteiger partial charge is 0.348 e. The second kappa shape index (κ2) is 2.53. The van der Waals surface area contributed by atoms with Crippen LogP contribution in [0.5, 0.6) is 0 Å². The predicted molar refractivity (Wildman–Crippen MR) is 36.0 cm³/mol. The molecule has 0 unspecified atom stereocenters. The molecular formula is C7H10O4. The number of hydrogen-bond donors (Lipinski definition) is 1. The fraction of sp³-hybridized carbons (Fsp3) is 0.714. The Morgan fingerprint density at radius 1 is 1.45 bits per heavy atom. The van der Waals surface area contributed by atoms with Crippen molar-refractivity contribution in [3.63, 3.8) is 0 Å². The van der Waals surface area contributed by atoms with E-state index in [0.717, 1.165) is 6.42 Å². The zero-order valence-corrected chi connectivity index (χ0v) is 6.29. The van der Waals surface area contributed by atoms with E-state index in [1.165, 1.54) is 6.92 Å². The van der Waals surface area contributed by atoms with Gasteiger partial charge in [-0.25, -0.2) is 4.79 Å². The molecule has 1 aliphatic carbocycles. The largest absolute Gasteiger partial charge is 0.478 e. The quantitative estimate of drug-likeness (QED) is 0.596. The lowest BCUT2D eigenvalue weighted by Crippen LogP contribution is -2.48. The van der Waals surface area contributed by atoms with Gasteiger partial charge in [-0.1, -0.05) is 0 Å². The Kier molecular flexibility index (Phi) is 1.85. The van der Waals surface area contributed by atoms with Gasteiger partial charge in [-0.3, -0.25) is 4.79 Å². The van der Waals surface area contributed by atoms with Crippen molar-refractivity contribution in [3.05, 3.63) is 0 Å². The molecule has 0 aromatic carbocycles. The maximum atomic E-state index is 10.6. The first kappa shape index (κ1) is 8.04. The highest BCUT2D eigenvalue weighted by atomic mass is 16.6. The van der Waals surface area contributed by atoms with Crippen LogP contribution in [0.1, 0.15) is 26.2 Å². The van der Waals surface area contributed by atoms with Crippen LogP contribution in [-0.2, 0) is 14.3 Å². The first-order chi connectivity index (χ1) is 5.07. The molecule has 4 nitrogen and oxygen atoms in total. The Labute approximate surface area is 64.2 Å². The molecule has 1 fully saturated rings. The van der Waals surface area contributed by atoms with E-state index >= 15 is 0 Å². The van der Waals surface area contributed by atoms with Crippen molar-refractivity contribution in [2.24, 2.45) is 0 Å². The normalized spacial score (nSPS) is 20.1. The average Bonchev–Trinajstić information content (AvgIpc) is 1.77. The van der Waals surface area contributed by atoms with Gasteiger partial charge >= 0.3 is 11.9 Å². The fourth-order valence-corrected chi connectivity index (χ4v) is 1.13. The summed E-state index contributed by atoms with van der Waals surface area (Å²) in [6, 6.07) is 0. The lowest BCUT2D eigenvalue weighted by molar-refractivity contribution is -0.187. The lowest BCUT2D eigenvalue weighted by atomic mass is 9.80. The summed E-state index contributed by atoms with van der Waals surface area (Å²) in [7, 11) is 0. The molecule has 1 saturated carbocycles. The maximum absolute atomic E-state index is 10.6. The fourth-order valence-electron chi connectivity index (χ4n) is 1.13. The standard InChI is InChI=1S/C7H10O4/c1-5(8)11-7(6(9)10)3-2-4-7/h2-4H2,1H3,(H,9,10). The molecule has 0 radical (unpaired) electrons. The van der Waals surface area contributed by atoms with Crippen molar-refractivity contribution >= 4 is 11.9 Å². The number of hydrogen-bond acceptors (Lipinski definition) is 3. The van der Waals surface area contributed by atoms with Gasteiger partial charge in [0.2, 0.25) is 5.60 Å². The minimum Gasteiger partial charge on any atom is -0.478 e. The van der Waals surface area contributed by atoms with Crippen LogP contribution < -0.4 is 0 Å². The zero-order chi connectivity index (χ0) is 8.48. The Balaban J connectivity index is 2.61. The maximum Gasteiger partial charge on any atom is 0.348 e. The Hall–Kier alpha value is -1.06. The molecular weight excluding hydrogens is 148 g/mol. The van der Waals surface area contributed by atoms with E-state index in [0.29, 0.717) is 12.8 Å². The summed E-state index contributed by atoms with van der Waals surface area (Å²) in [5.74, 6) is -1.55. The first-order valence-electron chi connectivity index (χ1n) is 3.50. The topological polar surface area (TPSA) is 63.6 Å². The second-order valence-electron chi connectivity index (χ2n) is 2.75. The van der Waals surface area contributed by atoms with Gasteiger partial charge in [0.15, 0.2) is 0 Å². The van der Waals surface area contributed by atoms with Gasteiger partial charge in [-0.2, -0.15) is 0 Å². The van der Waals surface area contributed by atoms with Crippen LogP contribution >= 0.6 is 0 Å². The molecule has 1 aliphatic rings. The summed E-state index contributed by atoms with van der Waals surface area (Å²) in [5.41, 5.74) is -1.19. The summed E-state index contributed by atoms with van der Waals surface area (Å²) in [4.78, 5) is 21.0. The van der Waals surface area contributed by atoms with Crippen LogP contribution in [0.25, 0.3) is 0 Å². The van der Waals surface area contributed by atoms with Gasteiger partial charge in [-0.05, 0) is 19.3 Å². The van der Waals surface area contributed by atoms with E-state index in [9.17, 15) is 9.59 Å². The number of carboxylic acid groups (broad SMARTS) is 1. The highest BCUT2D eigenvalue weighted by Gasteiger charge is 2.47. The molecule has 0 aliphatic heterocycles. The minimum absolute atomic E-state index is 0.446. The molecule has 1 N–H and O–H groups in total. The van der Waals surface area contributed by atoms with E-state index in [-0.39, 0.29) is 0 Å². The van der Waals surface area contributed by atoms with E-state index in [1.807, 2.05) is 0 Å². The van der Waals surface area contributed by atoms with Crippen LogP contribution in [-0.4, -0.2) is 22.6 Å². The molecule has 0 aromatic heterocycles. The third-order valence-electron chi connectivity index (χ3n) is 1.89. The molecule has 11 heavy (non-hydrogen) atoms. The Morgan fingerprint density at radius 3 is 2.09 bits per heavy atom. The molecule has 0 aromatic rings. The van der Waals surface area contributed by atoms with E-state index in [2.05, 4.69) is 0 Å². The predicted octanol–water partition coefficient (Wildman–Crippen LogP) is 0.557. The summed E-state index contributed by atoms with van der Waals surface area (Å²) < 4.78 is 4.70. The van der Waals surface area contributed by atoms with Crippen LogP contribution in [0.4, 0.5) is 0 Å². The third-order valence-corrected chi connectivity index (χ3v) is 1.89. The van der Waals surface area contributed by atoms with Crippen molar-refractivity contribution in [2.45, 2.75) is 31.8 Å². The monoisotopic (exact) mass is 158 g/mol. The number of rotatable bonds is 2. The lowest BCUT2D eigenvalue weighted by Gasteiger charge is -2.36. The van der Waals surface area contributed by atoms with E-state index in [1.54, 1.807) is 0 Å². The average molecular weight is 158 g/mol.